The molecule has 2 N–H and O–H groups in total. The number of halogens is 2. The molecule has 0 aliphatic carbocycles. The summed E-state index contributed by atoms with van der Waals surface area (Å²) in [6.07, 6.45) is 0. The van der Waals surface area contributed by atoms with Crippen molar-refractivity contribution in [2.45, 2.75) is 6.54 Å². The van der Waals surface area contributed by atoms with Gasteiger partial charge in [-0.3, -0.25) is 10.1 Å². The van der Waals surface area contributed by atoms with E-state index >= 15 is 0 Å². The van der Waals surface area contributed by atoms with Crippen LogP contribution in [0.4, 0.5) is 14.5 Å². The van der Waals surface area contributed by atoms with Crippen molar-refractivity contribution in [1.29, 1.82) is 0 Å². The molecule has 0 atom stereocenters. The number of nitro groups is 1. The van der Waals surface area contributed by atoms with E-state index in [4.69, 9.17) is 5.73 Å². The van der Waals surface area contributed by atoms with Gasteiger partial charge in [0.2, 0.25) is 0 Å². The molecule has 2 rings (SSSR count). The molecule has 0 radical (unpaired) electrons. The van der Waals surface area contributed by atoms with Crippen molar-refractivity contribution in [1.82, 2.24) is 14.8 Å². The summed E-state index contributed by atoms with van der Waals surface area (Å²) in [6.45, 7) is 0.0704. The van der Waals surface area contributed by atoms with Crippen LogP contribution in [0, 0.1) is 21.7 Å². The fourth-order valence-corrected chi connectivity index (χ4v) is 1.64. The van der Waals surface area contributed by atoms with Crippen LogP contribution >= 0.6 is 0 Å². The van der Waals surface area contributed by atoms with Crippen LogP contribution in [0.25, 0.3) is 11.4 Å². The number of nitrogens with two attached hydrogens (primary N) is 1. The molecule has 1 aromatic carbocycles. The molecule has 0 saturated heterocycles. The Bertz CT molecular complexity index is 656. The summed E-state index contributed by atoms with van der Waals surface area (Å²) in [4.78, 5) is 10.1. The van der Waals surface area contributed by atoms with Crippen LogP contribution in [0.5, 0.6) is 0 Å². The summed E-state index contributed by atoms with van der Waals surface area (Å²) in [6, 6.07) is 1.24. The molecule has 7 nitrogen and oxygen atoms in total. The Balaban J connectivity index is 2.70. The minimum Gasteiger partial charge on any atom is -0.324 e. The fraction of sp³-hybridized carbons (Fsp3) is 0.200. The highest BCUT2D eigenvalue weighted by molar-refractivity contribution is 5.68. The SMILES string of the molecule is Cn1c(CN)nnc1-c1cc(F)c(F)cc1[N+](=O)[O-]. The van der Waals surface area contributed by atoms with Gasteiger partial charge in [-0.25, -0.2) is 8.78 Å². The zero-order valence-electron chi connectivity index (χ0n) is 9.80. The van der Waals surface area contributed by atoms with Crippen LogP contribution in [0.1, 0.15) is 5.82 Å². The van der Waals surface area contributed by atoms with Gasteiger partial charge in [-0.05, 0) is 6.07 Å². The van der Waals surface area contributed by atoms with Gasteiger partial charge >= 0.3 is 0 Å². The van der Waals surface area contributed by atoms with Crippen molar-refractivity contribution in [3.8, 4) is 11.4 Å². The van der Waals surface area contributed by atoms with Gasteiger partial charge in [0.05, 0.1) is 17.5 Å². The molecule has 19 heavy (non-hydrogen) atoms. The zero-order valence-corrected chi connectivity index (χ0v) is 9.80. The molecule has 0 bridgehead atoms. The average Bonchev–Trinajstić information content (AvgIpc) is 2.73. The van der Waals surface area contributed by atoms with Gasteiger partial charge in [-0.1, -0.05) is 0 Å². The van der Waals surface area contributed by atoms with E-state index in [1.807, 2.05) is 0 Å². The first-order chi connectivity index (χ1) is 8.95. The Hall–Kier alpha value is -2.42. The van der Waals surface area contributed by atoms with E-state index in [0.29, 0.717) is 11.9 Å². The standard InChI is InChI=1S/C10H9F2N5O2/c1-16-9(4-13)14-15-10(16)5-2-6(11)7(12)3-8(5)17(18)19/h2-3H,4,13H2,1H3. The van der Waals surface area contributed by atoms with Crippen LogP contribution in [0.3, 0.4) is 0 Å². The molecule has 2 aromatic rings. The molecular weight excluding hydrogens is 260 g/mol. The van der Waals surface area contributed by atoms with E-state index < -0.39 is 22.2 Å². The molecule has 1 heterocycles. The largest absolute Gasteiger partial charge is 0.324 e. The summed E-state index contributed by atoms with van der Waals surface area (Å²) in [5.41, 5.74) is 4.66. The van der Waals surface area contributed by atoms with Gasteiger partial charge in [0.1, 0.15) is 11.4 Å². The molecule has 0 amide bonds. The van der Waals surface area contributed by atoms with Gasteiger partial charge in [-0.15, -0.1) is 10.2 Å². The Labute approximate surface area is 105 Å². The second-order valence-corrected chi connectivity index (χ2v) is 3.74. The molecule has 100 valence electrons. The lowest BCUT2D eigenvalue weighted by atomic mass is 10.1. The number of hydrogen-bond acceptors (Lipinski definition) is 5. The highest BCUT2D eigenvalue weighted by Crippen LogP contribution is 2.30. The third-order valence-corrected chi connectivity index (χ3v) is 2.62. The number of hydrogen-bond donors (Lipinski definition) is 1. The predicted octanol–water partition coefficient (Wildman–Crippen LogP) is 1.13. The van der Waals surface area contributed by atoms with Crippen molar-refractivity contribution in [3.05, 3.63) is 39.7 Å². The molecule has 9 heteroatoms. The third kappa shape index (κ3) is 2.15. The van der Waals surface area contributed by atoms with Crippen LogP contribution in [0.15, 0.2) is 12.1 Å². The second kappa shape index (κ2) is 4.69. The number of benzene rings is 1. The van der Waals surface area contributed by atoms with Crippen molar-refractivity contribution >= 4 is 5.69 Å². The monoisotopic (exact) mass is 269 g/mol. The van der Waals surface area contributed by atoms with Gasteiger partial charge < -0.3 is 10.3 Å². The number of nitro benzene ring substituents is 1. The molecule has 0 fully saturated rings. The van der Waals surface area contributed by atoms with Gasteiger partial charge in [0, 0.05) is 7.05 Å². The first kappa shape index (κ1) is 13.0. The van der Waals surface area contributed by atoms with Crippen molar-refractivity contribution in [2.24, 2.45) is 12.8 Å². The van der Waals surface area contributed by atoms with Crippen LogP contribution < -0.4 is 5.73 Å². The second-order valence-electron chi connectivity index (χ2n) is 3.74. The Morgan fingerprint density at radius 2 is 2.00 bits per heavy atom. The first-order valence-corrected chi connectivity index (χ1v) is 5.17. The lowest BCUT2D eigenvalue weighted by Crippen LogP contribution is -2.06. The fourth-order valence-electron chi connectivity index (χ4n) is 1.64. The predicted molar refractivity (Wildman–Crippen MR) is 60.9 cm³/mol. The maximum absolute atomic E-state index is 13.2. The number of rotatable bonds is 3. The Kier molecular flexibility index (Phi) is 3.21. The summed E-state index contributed by atoms with van der Waals surface area (Å²) in [7, 11) is 1.53. The molecule has 1 aromatic heterocycles. The molecule has 0 aliphatic heterocycles. The van der Waals surface area contributed by atoms with E-state index in [1.165, 1.54) is 11.6 Å². The summed E-state index contributed by atoms with van der Waals surface area (Å²) < 4.78 is 27.7. The Morgan fingerprint density at radius 3 is 2.53 bits per heavy atom. The van der Waals surface area contributed by atoms with Crippen LogP contribution in [-0.2, 0) is 13.6 Å². The number of nitrogens with zero attached hydrogens (tertiary/aromatic N) is 4. The lowest BCUT2D eigenvalue weighted by Gasteiger charge is -2.04. The van der Waals surface area contributed by atoms with E-state index in [9.17, 15) is 18.9 Å². The zero-order chi connectivity index (χ0) is 14.2. The normalized spacial score (nSPS) is 10.7. The van der Waals surface area contributed by atoms with Crippen molar-refractivity contribution in [3.63, 3.8) is 0 Å². The summed E-state index contributed by atoms with van der Waals surface area (Å²) in [5.74, 6) is -2.07. The average molecular weight is 269 g/mol. The van der Waals surface area contributed by atoms with Gasteiger partial charge in [0.15, 0.2) is 17.5 Å². The van der Waals surface area contributed by atoms with Gasteiger partial charge in [-0.2, -0.15) is 0 Å². The minimum atomic E-state index is -1.29. The van der Waals surface area contributed by atoms with E-state index in [1.54, 1.807) is 0 Å². The lowest BCUT2D eigenvalue weighted by molar-refractivity contribution is -0.384. The summed E-state index contributed by atoms with van der Waals surface area (Å²) in [5, 5.41) is 18.3. The maximum atomic E-state index is 13.2. The smallest absolute Gasteiger partial charge is 0.283 e. The first-order valence-electron chi connectivity index (χ1n) is 5.17. The summed E-state index contributed by atoms with van der Waals surface area (Å²) >= 11 is 0. The quantitative estimate of drug-likeness (QED) is 0.665. The van der Waals surface area contributed by atoms with E-state index in [2.05, 4.69) is 10.2 Å². The number of aromatic nitrogens is 3. The molecule has 0 aliphatic rings. The topological polar surface area (TPSA) is 99.9 Å². The maximum Gasteiger partial charge on any atom is 0.283 e. The molecule has 0 spiro atoms. The minimum absolute atomic E-state index is 0.0473. The highest BCUT2D eigenvalue weighted by atomic mass is 19.2. The van der Waals surface area contributed by atoms with Gasteiger partial charge in [0.25, 0.3) is 5.69 Å². The highest BCUT2D eigenvalue weighted by Gasteiger charge is 2.23. The van der Waals surface area contributed by atoms with Crippen LogP contribution in [0.2, 0.25) is 0 Å². The molecule has 0 unspecified atom stereocenters. The van der Waals surface area contributed by atoms with Crippen LogP contribution in [-0.4, -0.2) is 19.7 Å². The van der Waals surface area contributed by atoms with E-state index in [-0.39, 0.29) is 17.9 Å². The molecular formula is C10H9F2N5O2. The van der Waals surface area contributed by atoms with Crippen molar-refractivity contribution < 1.29 is 13.7 Å². The van der Waals surface area contributed by atoms with Crippen molar-refractivity contribution in [2.75, 3.05) is 0 Å². The Morgan fingerprint density at radius 1 is 1.37 bits per heavy atom. The third-order valence-electron chi connectivity index (χ3n) is 2.62. The molecule has 0 saturated carbocycles. The van der Waals surface area contributed by atoms with E-state index in [0.717, 1.165) is 6.07 Å².